The lowest BCUT2D eigenvalue weighted by molar-refractivity contribution is 0.152. The number of amides is 2. The Morgan fingerprint density at radius 3 is 2.57 bits per heavy atom. The number of carbonyl (C=O) groups excluding carboxylic acids is 1. The van der Waals surface area contributed by atoms with Crippen molar-refractivity contribution in [3.63, 3.8) is 0 Å². The molecule has 0 aliphatic carbocycles. The summed E-state index contributed by atoms with van der Waals surface area (Å²) >= 11 is 7.29. The summed E-state index contributed by atoms with van der Waals surface area (Å²) in [6.07, 6.45) is 2.36. The van der Waals surface area contributed by atoms with Gasteiger partial charge in [0.05, 0.1) is 43.9 Å². The van der Waals surface area contributed by atoms with Crippen molar-refractivity contribution in [3.05, 3.63) is 69.1 Å². The van der Waals surface area contributed by atoms with Crippen LogP contribution in [-0.2, 0) is 6.54 Å². The molecular formula is C30H30ClF2N7O3S. The first-order valence-corrected chi connectivity index (χ1v) is 15.2. The highest BCUT2D eigenvalue weighted by Gasteiger charge is 2.38. The first kappa shape index (κ1) is 30.0. The second-order valence-corrected chi connectivity index (χ2v) is 12.1. The zero-order valence-corrected chi connectivity index (χ0v) is 25.8. The Balaban J connectivity index is 1.36. The summed E-state index contributed by atoms with van der Waals surface area (Å²) in [5.41, 5.74) is 2.02. The molecule has 10 nitrogen and oxygen atoms in total. The van der Waals surface area contributed by atoms with Crippen LogP contribution < -0.4 is 24.6 Å². The van der Waals surface area contributed by atoms with Crippen molar-refractivity contribution < 1.29 is 23.0 Å². The number of ether oxygens (including phenoxy) is 2. The van der Waals surface area contributed by atoms with Crippen molar-refractivity contribution >= 4 is 57.9 Å². The smallest absolute Gasteiger partial charge is 0.336 e. The summed E-state index contributed by atoms with van der Waals surface area (Å²) in [7, 11) is 5.25. The van der Waals surface area contributed by atoms with E-state index in [2.05, 4.69) is 33.3 Å². The highest BCUT2D eigenvalue weighted by Crippen LogP contribution is 2.45. The number of rotatable bonds is 8. The van der Waals surface area contributed by atoms with Crippen LogP contribution in [0.1, 0.15) is 41.9 Å². The van der Waals surface area contributed by atoms with Crippen LogP contribution in [0.4, 0.5) is 42.5 Å². The molecule has 230 valence electrons. The van der Waals surface area contributed by atoms with Gasteiger partial charge in [-0.25, -0.2) is 28.4 Å². The predicted molar refractivity (Wildman–Crippen MR) is 167 cm³/mol. The number of piperidine rings is 1. The van der Waals surface area contributed by atoms with Gasteiger partial charge < -0.3 is 19.7 Å². The lowest BCUT2D eigenvalue weighted by Gasteiger charge is -2.35. The molecule has 0 spiro atoms. The van der Waals surface area contributed by atoms with Gasteiger partial charge >= 0.3 is 6.03 Å². The summed E-state index contributed by atoms with van der Waals surface area (Å²) in [6.45, 7) is 2.04. The lowest BCUT2D eigenvalue weighted by Crippen LogP contribution is -2.46. The molecule has 3 aromatic heterocycles. The number of alkyl halides is 2. The number of likely N-dealkylation sites (tertiary alicyclic amines) is 1. The van der Waals surface area contributed by atoms with Crippen LogP contribution in [0.25, 0.3) is 0 Å². The van der Waals surface area contributed by atoms with Crippen molar-refractivity contribution in [3.8, 4) is 11.5 Å². The quantitative estimate of drug-likeness (QED) is 0.213. The molecule has 44 heavy (non-hydrogen) atoms. The maximum absolute atomic E-state index is 14.0. The Labute approximate surface area is 262 Å². The molecule has 1 N–H and O–H groups in total. The lowest BCUT2D eigenvalue weighted by atomic mass is 9.89. The fourth-order valence-corrected chi connectivity index (χ4v) is 6.63. The molecule has 4 aromatic rings. The third kappa shape index (κ3) is 5.74. The normalized spacial score (nSPS) is 15.9. The van der Waals surface area contributed by atoms with Crippen LogP contribution in [0.2, 0.25) is 4.34 Å². The average molecular weight is 642 g/mol. The molecule has 1 saturated heterocycles. The van der Waals surface area contributed by atoms with E-state index in [1.807, 2.05) is 12.1 Å². The third-order valence-corrected chi connectivity index (χ3v) is 9.12. The molecule has 2 amide bonds. The van der Waals surface area contributed by atoms with E-state index in [1.54, 1.807) is 25.4 Å². The predicted octanol–water partition coefficient (Wildman–Crippen LogP) is 7.37. The molecule has 0 unspecified atom stereocenters. The molecule has 0 saturated carbocycles. The number of halogens is 3. The number of aromatic nitrogens is 3. The van der Waals surface area contributed by atoms with Gasteiger partial charge in [-0.1, -0.05) is 17.7 Å². The van der Waals surface area contributed by atoms with Crippen LogP contribution in [-0.4, -0.2) is 60.2 Å². The summed E-state index contributed by atoms with van der Waals surface area (Å²) in [6, 6.07) is 8.66. The molecule has 14 heteroatoms. The first-order valence-electron chi connectivity index (χ1n) is 13.9. The minimum atomic E-state index is -2.82. The molecule has 1 fully saturated rings. The number of fused-ring (bicyclic) bond motifs is 1. The number of methoxy groups -OCH3 is 2. The number of anilines is 5. The largest absolute Gasteiger partial charge is 0.495 e. The maximum Gasteiger partial charge on any atom is 0.336 e. The molecule has 0 atom stereocenters. The van der Waals surface area contributed by atoms with Gasteiger partial charge in [0.15, 0.2) is 5.82 Å². The topological polar surface area (TPSA) is 96.0 Å². The van der Waals surface area contributed by atoms with E-state index in [1.165, 1.54) is 34.0 Å². The average Bonchev–Trinajstić information content (AvgIpc) is 3.43. The minimum Gasteiger partial charge on any atom is -0.495 e. The van der Waals surface area contributed by atoms with Gasteiger partial charge in [-0.15, -0.1) is 11.3 Å². The van der Waals surface area contributed by atoms with E-state index >= 15 is 0 Å². The van der Waals surface area contributed by atoms with E-state index < -0.39 is 12.5 Å². The third-order valence-electron chi connectivity index (χ3n) is 7.91. The Morgan fingerprint density at radius 2 is 1.89 bits per heavy atom. The number of benzene rings is 1. The molecule has 1 aromatic carbocycles. The SMILES string of the molecule is COc1ccc(N2C(=O)N(c3c(C(F)F)csc3Cl)Cc3cnc(Nc4ccc(C5CCN(C)CC5)cc4OC)nc32)nc1. The van der Waals surface area contributed by atoms with Crippen LogP contribution >= 0.6 is 22.9 Å². The molecular weight excluding hydrogens is 612 g/mol. The standard InChI is InChI=1S/C30H30ClF2N7O3S/c1-38-10-8-17(9-11-38)18-4-6-22(23(12-18)43-3)36-29-35-13-19-15-39(25-21(27(32)33)16-44-26(25)31)30(41)40(28(19)37-29)24-7-5-20(42-2)14-34-24/h4-7,12-14,16-17,27H,8-11,15H2,1-3H3,(H,35,36,37). The summed E-state index contributed by atoms with van der Waals surface area (Å²) in [5, 5.41) is 4.48. The second kappa shape index (κ2) is 12.5. The minimum absolute atomic E-state index is 0.0440. The van der Waals surface area contributed by atoms with Gasteiger partial charge in [0.25, 0.3) is 6.43 Å². The van der Waals surface area contributed by atoms with Crippen molar-refractivity contribution in [1.82, 2.24) is 19.9 Å². The summed E-state index contributed by atoms with van der Waals surface area (Å²) < 4.78 is 38.8. The van der Waals surface area contributed by atoms with Crippen molar-refractivity contribution in [2.24, 2.45) is 0 Å². The number of hydrogen-bond donors (Lipinski definition) is 1. The van der Waals surface area contributed by atoms with Crippen molar-refractivity contribution in [2.45, 2.75) is 31.7 Å². The van der Waals surface area contributed by atoms with Gasteiger partial charge in [-0.05, 0) is 68.7 Å². The molecule has 0 bridgehead atoms. The highest BCUT2D eigenvalue weighted by molar-refractivity contribution is 7.15. The van der Waals surface area contributed by atoms with Gasteiger partial charge in [0.1, 0.15) is 21.7 Å². The zero-order valence-electron chi connectivity index (χ0n) is 24.3. The fourth-order valence-electron chi connectivity index (χ4n) is 5.50. The van der Waals surface area contributed by atoms with Crippen LogP contribution in [0.3, 0.4) is 0 Å². The summed E-state index contributed by atoms with van der Waals surface area (Å²) in [4.78, 5) is 32.4. The first-order chi connectivity index (χ1) is 21.3. The molecule has 5 heterocycles. The highest BCUT2D eigenvalue weighted by atomic mass is 35.5. The van der Waals surface area contributed by atoms with Gasteiger partial charge in [-0.2, -0.15) is 4.98 Å². The Bertz CT molecular complexity index is 1670. The Morgan fingerprint density at radius 1 is 1.09 bits per heavy atom. The molecule has 0 radical (unpaired) electrons. The Kier molecular flexibility index (Phi) is 8.52. The van der Waals surface area contributed by atoms with Crippen LogP contribution in [0.15, 0.2) is 48.1 Å². The molecule has 2 aliphatic heterocycles. The van der Waals surface area contributed by atoms with Gasteiger partial charge in [-0.3, -0.25) is 4.90 Å². The van der Waals surface area contributed by atoms with Crippen molar-refractivity contribution in [1.29, 1.82) is 0 Å². The van der Waals surface area contributed by atoms with E-state index in [0.29, 0.717) is 28.7 Å². The van der Waals surface area contributed by atoms with Crippen LogP contribution in [0.5, 0.6) is 11.5 Å². The maximum atomic E-state index is 14.0. The number of thiophene rings is 1. The van der Waals surface area contributed by atoms with E-state index in [-0.39, 0.29) is 39.7 Å². The number of nitrogens with zero attached hydrogens (tertiary/aromatic N) is 6. The van der Waals surface area contributed by atoms with E-state index in [9.17, 15) is 13.6 Å². The number of carbonyl (C=O) groups is 1. The molecule has 6 rings (SSSR count). The van der Waals surface area contributed by atoms with Crippen LogP contribution in [0, 0.1) is 0 Å². The Hall–Kier alpha value is -4.07. The monoisotopic (exact) mass is 641 g/mol. The number of hydrogen-bond acceptors (Lipinski definition) is 9. The van der Waals surface area contributed by atoms with E-state index in [0.717, 1.165) is 37.3 Å². The summed E-state index contributed by atoms with van der Waals surface area (Å²) in [5.74, 6) is 2.28. The fraction of sp³-hybridized carbons (Fsp3) is 0.333. The zero-order chi connectivity index (χ0) is 31.0. The number of pyridine rings is 1. The van der Waals surface area contributed by atoms with Gasteiger partial charge in [0, 0.05) is 17.1 Å². The van der Waals surface area contributed by atoms with Gasteiger partial charge in [0.2, 0.25) is 5.95 Å². The number of nitrogens with one attached hydrogen (secondary N) is 1. The number of urea groups is 1. The molecule has 2 aliphatic rings. The second-order valence-electron chi connectivity index (χ2n) is 10.6. The van der Waals surface area contributed by atoms with E-state index in [4.69, 9.17) is 26.1 Å². The van der Waals surface area contributed by atoms with Crippen molar-refractivity contribution in [2.75, 3.05) is 49.5 Å².